The minimum Gasteiger partial charge on any atom is -0.384 e. The van der Waals surface area contributed by atoms with Gasteiger partial charge < -0.3 is 4.74 Å². The molecule has 0 aromatic carbocycles. The summed E-state index contributed by atoms with van der Waals surface area (Å²) in [7, 11) is 1.77. The van der Waals surface area contributed by atoms with Crippen molar-refractivity contribution in [2.24, 2.45) is 57.4 Å². The molecule has 0 aromatic heterocycles. The van der Waals surface area contributed by atoms with Crippen molar-refractivity contribution in [3.05, 3.63) is 16.6 Å². The molecule has 0 aromatic rings. The molecule has 3 saturated carbocycles. The van der Waals surface area contributed by atoms with Crippen LogP contribution in [0.1, 0.15) is 98.8 Å². The average molecular weight is 444 g/mol. The lowest BCUT2D eigenvalue weighted by Crippen LogP contribution is -2.50. The highest BCUT2D eigenvalue weighted by Gasteiger charge is 2.59. The molecular weight excluding hydrogens is 394 g/mol. The number of methoxy groups -OCH3 is 1. The molecule has 0 saturated heterocycles. The van der Waals surface area contributed by atoms with Gasteiger partial charge in [-0.3, -0.25) is 0 Å². The highest BCUT2D eigenvalue weighted by Crippen LogP contribution is 2.67. The molecule has 3 nitrogen and oxygen atoms in total. The van der Waals surface area contributed by atoms with Gasteiger partial charge in [0, 0.05) is 13.7 Å². The van der Waals surface area contributed by atoms with Crippen LogP contribution in [0.2, 0.25) is 0 Å². The maximum absolute atomic E-state index is 11.9. The number of allylic oxidation sites excluding steroid dienone is 2. The summed E-state index contributed by atoms with van der Waals surface area (Å²) in [5.74, 6) is 5.00. The molecule has 4 rings (SSSR count). The Balaban J connectivity index is 1.48. The van der Waals surface area contributed by atoms with E-state index in [1.165, 1.54) is 51.4 Å². The molecule has 10 atom stereocenters. The van der Waals surface area contributed by atoms with Crippen LogP contribution in [0.4, 0.5) is 0 Å². The van der Waals surface area contributed by atoms with Crippen LogP contribution in [-0.4, -0.2) is 19.8 Å². The van der Waals surface area contributed by atoms with E-state index in [-0.39, 0.29) is 6.04 Å². The minimum atomic E-state index is -0.0391. The lowest BCUT2D eigenvalue weighted by Gasteiger charge is -2.58. The monoisotopic (exact) mass is 443 g/mol. The molecule has 182 valence electrons. The average Bonchev–Trinajstić information content (AvgIpc) is 3.12. The maximum atomic E-state index is 11.9. The van der Waals surface area contributed by atoms with Crippen molar-refractivity contribution < 1.29 is 4.74 Å². The van der Waals surface area contributed by atoms with Gasteiger partial charge in [-0.1, -0.05) is 51.4 Å². The van der Waals surface area contributed by atoms with Crippen molar-refractivity contribution >= 4 is 0 Å². The zero-order valence-corrected chi connectivity index (χ0v) is 21.7. The van der Waals surface area contributed by atoms with Crippen LogP contribution in [0, 0.1) is 57.2 Å². The zero-order valence-electron chi connectivity index (χ0n) is 21.7. The number of nitrogens with zero attached hydrogens (tertiary/aromatic N) is 1. The predicted octanol–water partition coefficient (Wildman–Crippen LogP) is 8.04. The van der Waals surface area contributed by atoms with Gasteiger partial charge in [-0.25, -0.2) is 0 Å². The molecule has 0 spiro atoms. The molecule has 4 aliphatic carbocycles. The smallest absolute Gasteiger partial charge is 0.0948 e. The Morgan fingerprint density at radius 3 is 2.59 bits per heavy atom. The first-order valence-electron chi connectivity index (χ1n) is 13.8. The van der Waals surface area contributed by atoms with E-state index in [4.69, 9.17) is 4.74 Å². The number of fused-ring (bicyclic) bond motifs is 5. The number of rotatable bonds is 8. The molecule has 0 aliphatic heterocycles. The van der Waals surface area contributed by atoms with Crippen molar-refractivity contribution in [2.75, 3.05) is 13.7 Å². The highest BCUT2D eigenvalue weighted by molar-refractivity contribution is 5.25. The third-order valence-corrected chi connectivity index (χ3v) is 11.2. The van der Waals surface area contributed by atoms with Crippen LogP contribution in [0.3, 0.4) is 0 Å². The summed E-state index contributed by atoms with van der Waals surface area (Å²) >= 11 is 0. The van der Waals surface area contributed by atoms with E-state index < -0.39 is 0 Å². The molecule has 3 fully saturated rings. The topological polar surface area (TPSA) is 38.7 Å². The summed E-state index contributed by atoms with van der Waals surface area (Å²) in [5, 5.41) is 3.69. The van der Waals surface area contributed by atoms with Crippen LogP contribution in [0.5, 0.6) is 0 Å². The molecule has 0 radical (unpaired) electrons. The predicted molar refractivity (Wildman–Crippen MR) is 133 cm³/mol. The Morgan fingerprint density at radius 1 is 1.09 bits per heavy atom. The Morgan fingerprint density at radius 2 is 1.88 bits per heavy atom. The first kappa shape index (κ1) is 24.4. The van der Waals surface area contributed by atoms with Crippen LogP contribution < -0.4 is 0 Å². The first-order chi connectivity index (χ1) is 15.2. The van der Waals surface area contributed by atoms with Crippen molar-refractivity contribution in [2.45, 2.75) is 105 Å². The van der Waals surface area contributed by atoms with Crippen molar-refractivity contribution in [3.63, 3.8) is 0 Å². The van der Waals surface area contributed by atoms with Gasteiger partial charge in [0.2, 0.25) is 0 Å². The van der Waals surface area contributed by atoms with E-state index in [2.05, 4.69) is 45.9 Å². The molecule has 0 bridgehead atoms. The molecule has 8 unspecified atom stereocenters. The third-order valence-electron chi connectivity index (χ3n) is 11.2. The van der Waals surface area contributed by atoms with Gasteiger partial charge in [0.15, 0.2) is 0 Å². The van der Waals surface area contributed by atoms with E-state index in [0.717, 1.165) is 43.1 Å². The fourth-order valence-electron chi connectivity index (χ4n) is 9.25. The van der Waals surface area contributed by atoms with Crippen LogP contribution in [0.15, 0.2) is 16.8 Å². The van der Waals surface area contributed by atoms with Gasteiger partial charge in [-0.2, -0.15) is 4.91 Å². The molecule has 32 heavy (non-hydrogen) atoms. The van der Waals surface area contributed by atoms with Crippen LogP contribution in [-0.2, 0) is 4.74 Å². The lowest BCUT2D eigenvalue weighted by atomic mass is 9.46. The summed E-state index contributed by atoms with van der Waals surface area (Å²) in [4.78, 5) is 11.9. The number of hydrogen-bond acceptors (Lipinski definition) is 3. The Bertz CT molecular complexity index is 703. The second kappa shape index (κ2) is 9.51. The first-order valence-corrected chi connectivity index (χ1v) is 13.8. The molecule has 0 amide bonds. The van der Waals surface area contributed by atoms with Gasteiger partial charge in [-0.15, -0.1) is 0 Å². The van der Waals surface area contributed by atoms with E-state index in [0.29, 0.717) is 28.6 Å². The molecule has 4 aliphatic rings. The van der Waals surface area contributed by atoms with E-state index in [9.17, 15) is 4.91 Å². The zero-order chi connectivity index (χ0) is 23.1. The highest BCUT2D eigenvalue weighted by atomic mass is 16.5. The summed E-state index contributed by atoms with van der Waals surface area (Å²) in [6, 6.07) is -0.0391. The molecule has 3 heteroatoms. The van der Waals surface area contributed by atoms with Gasteiger partial charge in [0.25, 0.3) is 0 Å². The van der Waals surface area contributed by atoms with E-state index in [1.54, 1.807) is 12.7 Å². The fraction of sp³-hybridized carbons (Fsp3) is 0.931. The van der Waals surface area contributed by atoms with E-state index >= 15 is 0 Å². The van der Waals surface area contributed by atoms with Gasteiger partial charge >= 0.3 is 0 Å². The second-order valence-corrected chi connectivity index (χ2v) is 13.0. The van der Waals surface area contributed by atoms with Crippen LogP contribution >= 0.6 is 0 Å². The summed E-state index contributed by atoms with van der Waals surface area (Å²) < 4.78 is 5.31. The maximum Gasteiger partial charge on any atom is 0.0948 e. The standard InChI is InChI=1S/C29H49NO2/c1-19-13-15-28(4)22(17-19)8-9-23-25-11-10-24(29(25,5)16-14-26(23)28)21(3)27(30-31)12-7-20(2)18-32-6/h8,19-21,23-27H,7,9-18H2,1-6H3/t19?,20?,21-,23?,24+,25?,26?,27?,28?,29?/m0/s1. The van der Waals surface area contributed by atoms with Crippen LogP contribution in [0.25, 0.3) is 0 Å². The number of hydrogen-bond donors (Lipinski definition) is 0. The van der Waals surface area contributed by atoms with Crippen molar-refractivity contribution in [1.82, 2.24) is 0 Å². The summed E-state index contributed by atoms with van der Waals surface area (Å²) in [6.45, 7) is 13.0. The minimum absolute atomic E-state index is 0.0391. The molecule has 0 heterocycles. The Hall–Kier alpha value is -0.700. The number of nitroso groups, excluding NO2 is 1. The van der Waals surface area contributed by atoms with Gasteiger partial charge in [0.1, 0.15) is 0 Å². The SMILES string of the molecule is COCC(C)CCC(N=O)[C@@H](C)[C@H]1CCC2C3CC=C4CC(C)CCC4(C)C3CCC21C. The quantitative estimate of drug-likeness (QED) is 0.281. The van der Waals surface area contributed by atoms with Gasteiger partial charge in [0.05, 0.1) is 6.04 Å². The van der Waals surface area contributed by atoms with Crippen molar-refractivity contribution in [1.29, 1.82) is 0 Å². The largest absolute Gasteiger partial charge is 0.384 e. The summed E-state index contributed by atoms with van der Waals surface area (Å²) in [5.41, 5.74) is 2.66. The van der Waals surface area contributed by atoms with Crippen molar-refractivity contribution in [3.8, 4) is 0 Å². The normalized spacial score (nSPS) is 43.9. The fourth-order valence-corrected chi connectivity index (χ4v) is 9.25. The summed E-state index contributed by atoms with van der Waals surface area (Å²) in [6.07, 6.45) is 15.5. The van der Waals surface area contributed by atoms with Gasteiger partial charge in [-0.05, 0) is 116 Å². The Labute approximate surface area is 197 Å². The molecular formula is C29H49NO2. The second-order valence-electron chi connectivity index (χ2n) is 13.0. The van der Waals surface area contributed by atoms with E-state index in [1.807, 2.05) is 0 Å². The number of ether oxygens (including phenoxy) is 1. The lowest BCUT2D eigenvalue weighted by molar-refractivity contribution is -0.0535. The Kier molecular flexibility index (Phi) is 7.26. The molecule has 0 N–H and O–H groups in total. The third kappa shape index (κ3) is 4.14.